The molecule has 2 unspecified atom stereocenters. The topological polar surface area (TPSA) is 76.4 Å². The zero-order chi connectivity index (χ0) is 20.4. The highest BCUT2D eigenvalue weighted by Gasteiger charge is 2.49. The molecule has 1 aliphatic carbocycles. The number of hydrogen-bond acceptors (Lipinski definition) is 4. The number of aryl methyl sites for hydroxylation is 1. The molecule has 2 aromatic carbocycles. The molecule has 0 aromatic heterocycles. The molecule has 148 valence electrons. The Kier molecular flexibility index (Phi) is 5.22. The lowest BCUT2D eigenvalue weighted by molar-refractivity contribution is -0.134. The number of nitrogens with one attached hydrogen (secondary N) is 1. The fourth-order valence-electron chi connectivity index (χ4n) is 3.90. The van der Waals surface area contributed by atoms with Gasteiger partial charge in [-0.2, -0.15) is 5.26 Å². The van der Waals surface area contributed by atoms with Gasteiger partial charge in [0.25, 0.3) is 0 Å². The van der Waals surface area contributed by atoms with E-state index in [2.05, 4.69) is 47.5 Å². The highest BCUT2D eigenvalue weighted by Crippen LogP contribution is 2.41. The number of carbonyl (C=O) groups excluding carboxylic acids is 2. The third-order valence-electron chi connectivity index (χ3n) is 5.66. The maximum atomic E-state index is 12.8. The molecule has 1 N–H and O–H groups in total. The van der Waals surface area contributed by atoms with E-state index in [1.807, 2.05) is 4.90 Å². The summed E-state index contributed by atoms with van der Waals surface area (Å²) in [6.07, 6.45) is 0.598. The molecule has 1 saturated carbocycles. The number of nitrogens with zero attached hydrogens (tertiary/aromatic N) is 3. The standard InChI is InChI=1S/C23H24N4O2/c1-16-4-2-7-19(12-16)26-8-10-27(11-9-26)23(29)21-14-20(21)22(28)25-18-6-3-5-17(13-18)15-24/h2-7,12-13,20-21H,8-11,14H2,1H3,(H,25,28). The van der Waals surface area contributed by atoms with Gasteiger partial charge < -0.3 is 15.1 Å². The van der Waals surface area contributed by atoms with Crippen molar-refractivity contribution >= 4 is 23.2 Å². The summed E-state index contributed by atoms with van der Waals surface area (Å²) in [6, 6.07) is 17.3. The van der Waals surface area contributed by atoms with Crippen molar-refractivity contribution in [2.45, 2.75) is 13.3 Å². The SMILES string of the molecule is Cc1cccc(N2CCN(C(=O)C3CC3C(=O)Nc3cccc(C#N)c3)CC2)c1. The molecule has 2 atom stereocenters. The first kappa shape index (κ1) is 19.0. The molecular formula is C23H24N4O2. The monoisotopic (exact) mass is 388 g/mol. The van der Waals surface area contributed by atoms with E-state index in [-0.39, 0.29) is 23.7 Å². The van der Waals surface area contributed by atoms with Crippen LogP contribution in [0.25, 0.3) is 0 Å². The number of carbonyl (C=O) groups is 2. The summed E-state index contributed by atoms with van der Waals surface area (Å²) in [5.41, 5.74) is 3.52. The summed E-state index contributed by atoms with van der Waals surface area (Å²) >= 11 is 0. The molecule has 4 rings (SSSR count). The Morgan fingerprint density at radius 2 is 1.79 bits per heavy atom. The molecule has 0 spiro atoms. The molecule has 6 nitrogen and oxygen atoms in total. The van der Waals surface area contributed by atoms with E-state index in [4.69, 9.17) is 5.26 Å². The number of piperazine rings is 1. The zero-order valence-electron chi connectivity index (χ0n) is 16.5. The predicted octanol–water partition coefficient (Wildman–Crippen LogP) is 2.79. The number of anilines is 2. The lowest BCUT2D eigenvalue weighted by Crippen LogP contribution is -2.49. The van der Waals surface area contributed by atoms with Gasteiger partial charge in [0, 0.05) is 37.6 Å². The maximum absolute atomic E-state index is 12.8. The first-order chi connectivity index (χ1) is 14.0. The number of hydrogen-bond donors (Lipinski definition) is 1. The van der Waals surface area contributed by atoms with Crippen LogP contribution >= 0.6 is 0 Å². The van der Waals surface area contributed by atoms with Crippen LogP contribution in [0, 0.1) is 30.1 Å². The second-order valence-corrected chi connectivity index (χ2v) is 7.78. The number of amides is 2. The van der Waals surface area contributed by atoms with Gasteiger partial charge in [-0.25, -0.2) is 0 Å². The predicted molar refractivity (Wildman–Crippen MR) is 111 cm³/mol. The van der Waals surface area contributed by atoms with Crippen molar-refractivity contribution in [1.82, 2.24) is 4.90 Å². The maximum Gasteiger partial charge on any atom is 0.228 e. The summed E-state index contributed by atoms with van der Waals surface area (Å²) in [7, 11) is 0. The van der Waals surface area contributed by atoms with Gasteiger partial charge in [0.1, 0.15) is 0 Å². The largest absolute Gasteiger partial charge is 0.368 e. The van der Waals surface area contributed by atoms with E-state index in [1.165, 1.54) is 11.3 Å². The van der Waals surface area contributed by atoms with Gasteiger partial charge in [-0.1, -0.05) is 18.2 Å². The van der Waals surface area contributed by atoms with Gasteiger partial charge in [-0.15, -0.1) is 0 Å². The van der Waals surface area contributed by atoms with Gasteiger partial charge in [0.15, 0.2) is 0 Å². The second-order valence-electron chi connectivity index (χ2n) is 7.78. The van der Waals surface area contributed by atoms with E-state index < -0.39 is 0 Å². The van der Waals surface area contributed by atoms with Crippen molar-refractivity contribution in [2.24, 2.45) is 11.8 Å². The average molecular weight is 388 g/mol. The average Bonchev–Trinajstić information content (AvgIpc) is 3.54. The van der Waals surface area contributed by atoms with Gasteiger partial charge in [-0.3, -0.25) is 9.59 Å². The molecule has 1 aliphatic heterocycles. The van der Waals surface area contributed by atoms with Crippen LogP contribution in [-0.2, 0) is 9.59 Å². The molecule has 29 heavy (non-hydrogen) atoms. The van der Waals surface area contributed by atoms with Gasteiger partial charge in [0.05, 0.1) is 23.5 Å². The smallest absolute Gasteiger partial charge is 0.228 e. The zero-order valence-corrected chi connectivity index (χ0v) is 16.5. The van der Waals surface area contributed by atoms with E-state index in [0.717, 1.165) is 13.1 Å². The Bertz CT molecular complexity index is 973. The summed E-state index contributed by atoms with van der Waals surface area (Å²) in [5.74, 6) is -0.556. The van der Waals surface area contributed by atoms with Crippen LogP contribution in [0.4, 0.5) is 11.4 Å². The molecule has 0 radical (unpaired) electrons. The summed E-state index contributed by atoms with van der Waals surface area (Å²) in [6.45, 7) is 5.06. The Morgan fingerprint density at radius 1 is 1.03 bits per heavy atom. The van der Waals surface area contributed by atoms with Crippen molar-refractivity contribution in [1.29, 1.82) is 5.26 Å². The van der Waals surface area contributed by atoms with Crippen molar-refractivity contribution in [3.63, 3.8) is 0 Å². The minimum atomic E-state index is -0.275. The lowest BCUT2D eigenvalue weighted by atomic mass is 10.1. The Labute approximate surface area is 170 Å². The molecule has 2 aliphatic rings. The Morgan fingerprint density at radius 3 is 2.52 bits per heavy atom. The van der Waals surface area contributed by atoms with E-state index in [1.54, 1.807) is 24.3 Å². The fourth-order valence-corrected chi connectivity index (χ4v) is 3.90. The molecule has 1 saturated heterocycles. The Balaban J connectivity index is 1.29. The van der Waals surface area contributed by atoms with E-state index in [0.29, 0.717) is 30.8 Å². The van der Waals surface area contributed by atoms with E-state index >= 15 is 0 Å². The van der Waals surface area contributed by atoms with Crippen LogP contribution in [0.15, 0.2) is 48.5 Å². The van der Waals surface area contributed by atoms with Crippen molar-refractivity contribution < 1.29 is 9.59 Å². The van der Waals surface area contributed by atoms with Crippen molar-refractivity contribution in [3.05, 3.63) is 59.7 Å². The minimum absolute atomic E-state index is 0.0832. The number of benzene rings is 2. The molecule has 2 aromatic rings. The Hall–Kier alpha value is -3.33. The van der Waals surface area contributed by atoms with Crippen LogP contribution in [0.2, 0.25) is 0 Å². The molecule has 1 heterocycles. The fraction of sp³-hybridized carbons (Fsp3) is 0.348. The van der Waals surface area contributed by atoms with Gasteiger partial charge in [0.2, 0.25) is 11.8 Å². The molecule has 6 heteroatoms. The summed E-state index contributed by atoms with van der Waals surface area (Å²) < 4.78 is 0. The highest BCUT2D eigenvalue weighted by atomic mass is 16.2. The number of rotatable bonds is 4. The summed E-state index contributed by atoms with van der Waals surface area (Å²) in [5, 5.41) is 11.8. The van der Waals surface area contributed by atoms with Crippen molar-refractivity contribution in [2.75, 3.05) is 36.4 Å². The van der Waals surface area contributed by atoms with Gasteiger partial charge >= 0.3 is 0 Å². The normalized spacial score (nSPS) is 20.7. The second kappa shape index (κ2) is 7.96. The number of nitriles is 1. The van der Waals surface area contributed by atoms with Crippen LogP contribution < -0.4 is 10.2 Å². The van der Waals surface area contributed by atoms with E-state index in [9.17, 15) is 9.59 Å². The van der Waals surface area contributed by atoms with Crippen LogP contribution in [0.5, 0.6) is 0 Å². The van der Waals surface area contributed by atoms with Crippen LogP contribution in [0.1, 0.15) is 17.5 Å². The van der Waals surface area contributed by atoms with Crippen molar-refractivity contribution in [3.8, 4) is 6.07 Å². The van der Waals surface area contributed by atoms with Gasteiger partial charge in [-0.05, 0) is 49.2 Å². The molecular weight excluding hydrogens is 364 g/mol. The quantitative estimate of drug-likeness (QED) is 0.874. The first-order valence-corrected chi connectivity index (χ1v) is 9.96. The molecule has 0 bridgehead atoms. The highest BCUT2D eigenvalue weighted by molar-refractivity contribution is 5.99. The van der Waals surface area contributed by atoms with Crippen LogP contribution in [-0.4, -0.2) is 42.9 Å². The third-order valence-corrected chi connectivity index (χ3v) is 5.66. The lowest BCUT2D eigenvalue weighted by Gasteiger charge is -2.36. The minimum Gasteiger partial charge on any atom is -0.368 e. The molecule has 2 amide bonds. The summed E-state index contributed by atoms with van der Waals surface area (Å²) in [4.78, 5) is 29.5. The first-order valence-electron chi connectivity index (χ1n) is 9.96. The van der Waals surface area contributed by atoms with Crippen LogP contribution in [0.3, 0.4) is 0 Å². The molecule has 2 fully saturated rings. The third kappa shape index (κ3) is 4.24.